The Labute approximate surface area is 241 Å². The first-order chi connectivity index (χ1) is 19.4. The number of hydrogen-bond acceptors (Lipinski definition) is 7. The van der Waals surface area contributed by atoms with Crippen molar-refractivity contribution in [1.82, 2.24) is 30.1 Å². The Morgan fingerprint density at radius 3 is 2.80 bits per heavy atom. The van der Waals surface area contributed by atoms with Gasteiger partial charge < -0.3 is 25.2 Å². The van der Waals surface area contributed by atoms with Crippen LogP contribution in [0.3, 0.4) is 0 Å². The second-order valence-electron chi connectivity index (χ2n) is 11.3. The number of carbonyl (C=O) groups excluding carboxylic acids is 1. The second kappa shape index (κ2) is 13.1. The zero-order chi connectivity index (χ0) is 28.1. The van der Waals surface area contributed by atoms with E-state index in [1.54, 1.807) is 12.3 Å². The van der Waals surface area contributed by atoms with Gasteiger partial charge in [-0.2, -0.15) is 0 Å². The van der Waals surface area contributed by atoms with Crippen LogP contribution in [0.2, 0.25) is 5.02 Å². The zero-order valence-corrected chi connectivity index (χ0v) is 24.1. The normalized spacial score (nSPS) is 22.7. The average molecular weight is 566 g/mol. The summed E-state index contributed by atoms with van der Waals surface area (Å²) >= 11 is 6.50. The van der Waals surface area contributed by atoms with Gasteiger partial charge in [-0.15, -0.1) is 0 Å². The van der Waals surface area contributed by atoms with E-state index in [4.69, 9.17) is 16.6 Å². The van der Waals surface area contributed by atoms with Crippen LogP contribution in [0.25, 0.3) is 22.2 Å². The van der Waals surface area contributed by atoms with Crippen LogP contribution in [0.5, 0.6) is 0 Å². The number of nitrogens with one attached hydrogen (secondary N) is 3. The van der Waals surface area contributed by atoms with E-state index in [0.717, 1.165) is 68.1 Å². The van der Waals surface area contributed by atoms with Gasteiger partial charge in [0.05, 0.1) is 16.9 Å². The van der Waals surface area contributed by atoms with Gasteiger partial charge in [0, 0.05) is 66.4 Å². The Morgan fingerprint density at radius 1 is 1.23 bits per heavy atom. The lowest BCUT2D eigenvalue weighted by atomic mass is 9.89. The molecule has 0 spiro atoms. The minimum atomic E-state index is -0.616. The van der Waals surface area contributed by atoms with Gasteiger partial charge in [0.2, 0.25) is 11.9 Å². The Balaban J connectivity index is 1.11. The smallest absolute Gasteiger partial charge is 0.246 e. The van der Waals surface area contributed by atoms with Crippen molar-refractivity contribution < 1.29 is 9.90 Å². The Kier molecular flexibility index (Phi) is 9.36. The molecule has 1 saturated carbocycles. The van der Waals surface area contributed by atoms with E-state index >= 15 is 0 Å². The molecule has 2 aromatic heterocycles. The van der Waals surface area contributed by atoms with Crippen molar-refractivity contribution in [3.8, 4) is 11.3 Å². The number of amides is 1. The Bertz CT molecular complexity index is 1320. The number of aliphatic hydroxyl groups excluding tert-OH is 1. The SMILES string of the molecule is CN(C)C/C=C/C(=O)N1CCCC(C(O)NC2CCC(Nc3ncc(Cl)c(-c4c[nH]c5ccccc45)n3)CC2)C1. The molecule has 1 saturated heterocycles. The first-order valence-electron chi connectivity index (χ1n) is 14.3. The highest BCUT2D eigenvalue weighted by molar-refractivity contribution is 6.33. The van der Waals surface area contributed by atoms with Crippen molar-refractivity contribution in [3.05, 3.63) is 53.8 Å². The van der Waals surface area contributed by atoms with Gasteiger partial charge in [-0.1, -0.05) is 35.9 Å². The first kappa shape index (κ1) is 28.5. The van der Waals surface area contributed by atoms with E-state index in [1.165, 1.54) is 0 Å². The maximum absolute atomic E-state index is 12.6. The monoisotopic (exact) mass is 565 g/mol. The summed E-state index contributed by atoms with van der Waals surface area (Å²) in [6, 6.07) is 8.59. The van der Waals surface area contributed by atoms with Crippen LogP contribution < -0.4 is 10.6 Å². The van der Waals surface area contributed by atoms with Gasteiger partial charge in [-0.25, -0.2) is 9.97 Å². The molecule has 0 bridgehead atoms. The van der Waals surface area contributed by atoms with Crippen molar-refractivity contribution in [1.29, 1.82) is 0 Å². The van der Waals surface area contributed by atoms with Gasteiger partial charge in [0.25, 0.3) is 0 Å². The maximum Gasteiger partial charge on any atom is 0.246 e. The number of aliphatic hydroxyl groups is 1. The third-order valence-electron chi connectivity index (χ3n) is 8.00. The lowest BCUT2D eigenvalue weighted by molar-refractivity contribution is -0.129. The van der Waals surface area contributed by atoms with Gasteiger partial charge in [-0.3, -0.25) is 10.1 Å². The van der Waals surface area contributed by atoms with Crippen LogP contribution in [0, 0.1) is 5.92 Å². The van der Waals surface area contributed by atoms with Crippen molar-refractivity contribution in [2.45, 2.75) is 56.8 Å². The number of carbonyl (C=O) groups is 1. The summed E-state index contributed by atoms with van der Waals surface area (Å²) in [5, 5.41) is 19.5. The third-order valence-corrected chi connectivity index (χ3v) is 8.28. The van der Waals surface area contributed by atoms with Crippen molar-refractivity contribution in [2.24, 2.45) is 5.92 Å². The van der Waals surface area contributed by atoms with Crippen LogP contribution in [0.15, 0.2) is 48.8 Å². The van der Waals surface area contributed by atoms with Crippen LogP contribution in [-0.2, 0) is 4.79 Å². The number of H-pyrrole nitrogens is 1. The van der Waals surface area contributed by atoms with E-state index in [0.29, 0.717) is 23.2 Å². The predicted octanol–water partition coefficient (Wildman–Crippen LogP) is 4.27. The molecule has 9 nitrogen and oxygen atoms in total. The molecular weight excluding hydrogens is 526 g/mol. The number of likely N-dealkylation sites (tertiary alicyclic amines) is 1. The number of nitrogens with zero attached hydrogens (tertiary/aromatic N) is 4. The number of aromatic amines is 1. The van der Waals surface area contributed by atoms with Crippen LogP contribution >= 0.6 is 11.6 Å². The number of fused-ring (bicyclic) bond motifs is 1. The highest BCUT2D eigenvalue weighted by Gasteiger charge is 2.30. The largest absolute Gasteiger partial charge is 0.378 e. The van der Waals surface area contributed by atoms with Gasteiger partial charge >= 0.3 is 0 Å². The standard InChI is InChI=1S/C30H40ClN7O2/c1-37(2)15-6-10-27(39)38-16-5-7-20(19-38)29(40)34-21-11-13-22(14-12-21)35-30-33-18-25(31)28(36-30)24-17-32-26-9-4-3-8-23(24)26/h3-4,6,8-10,17-18,20-22,29,32,34,40H,5,7,11-16,19H2,1-2H3,(H,33,35,36)/b10-6+. The fourth-order valence-electron chi connectivity index (χ4n) is 5.80. The fraction of sp³-hybridized carbons (Fsp3) is 0.500. The minimum Gasteiger partial charge on any atom is -0.378 e. The number of hydrogen-bond donors (Lipinski definition) is 4. The fourth-order valence-corrected chi connectivity index (χ4v) is 5.99. The molecule has 214 valence electrons. The van der Waals surface area contributed by atoms with E-state index in [2.05, 4.69) is 26.7 Å². The molecular formula is C30H40ClN7O2. The summed E-state index contributed by atoms with van der Waals surface area (Å²) in [5.41, 5.74) is 2.71. The van der Waals surface area contributed by atoms with Gasteiger partial charge in [0.15, 0.2) is 0 Å². The molecule has 5 rings (SSSR count). The van der Waals surface area contributed by atoms with E-state index in [9.17, 15) is 9.90 Å². The van der Waals surface area contributed by atoms with Crippen molar-refractivity contribution in [2.75, 3.05) is 39.0 Å². The molecule has 3 aromatic rings. The molecule has 3 heterocycles. The van der Waals surface area contributed by atoms with E-state index < -0.39 is 6.23 Å². The molecule has 10 heteroatoms. The molecule has 0 radical (unpaired) electrons. The Morgan fingerprint density at radius 2 is 2.00 bits per heavy atom. The number of halogens is 1. The first-order valence-corrected chi connectivity index (χ1v) is 14.6. The summed E-state index contributed by atoms with van der Waals surface area (Å²) in [6.07, 6.45) is 12.2. The van der Waals surface area contributed by atoms with E-state index in [1.807, 2.05) is 54.4 Å². The highest BCUT2D eigenvalue weighted by atomic mass is 35.5. The van der Waals surface area contributed by atoms with Crippen molar-refractivity contribution >= 4 is 34.4 Å². The molecule has 1 aliphatic carbocycles. The number of likely N-dealkylation sites (N-methyl/N-ethyl adjacent to an activating group) is 1. The lowest BCUT2D eigenvalue weighted by Gasteiger charge is -2.37. The number of piperidine rings is 1. The molecule has 2 aliphatic rings. The molecule has 2 unspecified atom stereocenters. The molecule has 2 atom stereocenters. The van der Waals surface area contributed by atoms with Gasteiger partial charge in [0.1, 0.15) is 6.23 Å². The van der Waals surface area contributed by atoms with Crippen LogP contribution in [0.4, 0.5) is 5.95 Å². The van der Waals surface area contributed by atoms with Crippen LogP contribution in [-0.4, -0.2) is 87.8 Å². The average Bonchev–Trinajstić information content (AvgIpc) is 3.39. The van der Waals surface area contributed by atoms with Gasteiger partial charge in [-0.05, 0) is 58.7 Å². The highest BCUT2D eigenvalue weighted by Crippen LogP contribution is 2.33. The molecule has 4 N–H and O–H groups in total. The second-order valence-corrected chi connectivity index (χ2v) is 11.7. The van der Waals surface area contributed by atoms with E-state index in [-0.39, 0.29) is 23.9 Å². The number of para-hydroxylation sites is 1. The zero-order valence-electron chi connectivity index (χ0n) is 23.3. The minimum absolute atomic E-state index is 0.0302. The molecule has 2 fully saturated rings. The number of benzene rings is 1. The summed E-state index contributed by atoms with van der Waals surface area (Å²) in [5.74, 6) is 0.650. The molecule has 1 aliphatic heterocycles. The van der Waals surface area contributed by atoms with Crippen LogP contribution in [0.1, 0.15) is 38.5 Å². The number of anilines is 1. The third kappa shape index (κ3) is 7.01. The number of aromatic nitrogens is 3. The lowest BCUT2D eigenvalue weighted by Crippen LogP contribution is -2.51. The van der Waals surface area contributed by atoms with Crippen molar-refractivity contribution in [3.63, 3.8) is 0 Å². The summed E-state index contributed by atoms with van der Waals surface area (Å²) in [4.78, 5) is 29.0. The summed E-state index contributed by atoms with van der Waals surface area (Å²) < 4.78 is 0. The quantitative estimate of drug-likeness (QED) is 0.227. The summed E-state index contributed by atoms with van der Waals surface area (Å²) in [6.45, 7) is 2.07. The predicted molar refractivity (Wildman–Crippen MR) is 160 cm³/mol. The number of rotatable bonds is 9. The maximum atomic E-state index is 12.6. The molecule has 1 aromatic carbocycles. The molecule has 40 heavy (non-hydrogen) atoms. The molecule has 1 amide bonds. The summed E-state index contributed by atoms with van der Waals surface area (Å²) in [7, 11) is 3.95. The Hall–Kier alpha value is -2.98. The topological polar surface area (TPSA) is 109 Å².